The standard InChI is InChI=1S/C14H11N7O/c1-9-15-4-10(5-16-9)11-6-17-21(8-11)12-7-18-20-3-2-13(22)19-14(12)20/h2-8H,1H3,(H,19,22). The average Bonchev–Trinajstić information content (AvgIpc) is 3.14. The molecule has 0 aromatic carbocycles. The Hall–Kier alpha value is -3.29. The van der Waals surface area contributed by atoms with Gasteiger partial charge in [0.15, 0.2) is 5.65 Å². The summed E-state index contributed by atoms with van der Waals surface area (Å²) < 4.78 is 3.25. The van der Waals surface area contributed by atoms with Crippen LogP contribution in [-0.2, 0) is 0 Å². The van der Waals surface area contributed by atoms with Crippen molar-refractivity contribution < 1.29 is 0 Å². The largest absolute Gasteiger partial charge is 0.305 e. The number of rotatable bonds is 2. The Kier molecular flexibility index (Phi) is 2.62. The average molecular weight is 293 g/mol. The third kappa shape index (κ3) is 1.97. The van der Waals surface area contributed by atoms with Crippen LogP contribution >= 0.6 is 0 Å². The quantitative estimate of drug-likeness (QED) is 0.594. The minimum Gasteiger partial charge on any atom is -0.305 e. The number of nitrogens with zero attached hydrogens (tertiary/aromatic N) is 6. The van der Waals surface area contributed by atoms with Crippen LogP contribution in [0.5, 0.6) is 0 Å². The van der Waals surface area contributed by atoms with E-state index < -0.39 is 0 Å². The van der Waals surface area contributed by atoms with E-state index in [-0.39, 0.29) is 5.56 Å². The van der Waals surface area contributed by atoms with Gasteiger partial charge < -0.3 is 4.98 Å². The Morgan fingerprint density at radius 3 is 2.68 bits per heavy atom. The van der Waals surface area contributed by atoms with Crippen LogP contribution in [0.2, 0.25) is 0 Å². The van der Waals surface area contributed by atoms with Gasteiger partial charge >= 0.3 is 0 Å². The smallest absolute Gasteiger partial charge is 0.251 e. The highest BCUT2D eigenvalue weighted by Crippen LogP contribution is 2.19. The Bertz CT molecular complexity index is 1010. The molecule has 0 aliphatic heterocycles. The van der Waals surface area contributed by atoms with E-state index in [1.165, 1.54) is 6.07 Å². The molecule has 4 rings (SSSR count). The van der Waals surface area contributed by atoms with Crippen LogP contribution in [0, 0.1) is 6.92 Å². The van der Waals surface area contributed by atoms with Gasteiger partial charge in [0.1, 0.15) is 11.5 Å². The lowest BCUT2D eigenvalue weighted by atomic mass is 10.2. The SMILES string of the molecule is Cc1ncc(-c2cnn(-c3cnn4ccc(=O)[nH]c34)c2)cn1. The minimum absolute atomic E-state index is 0.187. The zero-order valence-corrected chi connectivity index (χ0v) is 11.6. The van der Waals surface area contributed by atoms with Gasteiger partial charge in [-0.2, -0.15) is 10.2 Å². The van der Waals surface area contributed by atoms with Gasteiger partial charge in [-0.1, -0.05) is 0 Å². The molecule has 0 radical (unpaired) electrons. The summed E-state index contributed by atoms with van der Waals surface area (Å²) in [5.74, 6) is 0.719. The van der Waals surface area contributed by atoms with Crippen LogP contribution in [0.4, 0.5) is 0 Å². The molecule has 0 atom stereocenters. The van der Waals surface area contributed by atoms with Crippen molar-refractivity contribution in [3.63, 3.8) is 0 Å². The fourth-order valence-corrected chi connectivity index (χ4v) is 2.20. The maximum absolute atomic E-state index is 11.5. The minimum atomic E-state index is -0.187. The summed E-state index contributed by atoms with van der Waals surface area (Å²) >= 11 is 0. The first-order chi connectivity index (χ1) is 10.7. The first-order valence-corrected chi connectivity index (χ1v) is 6.61. The highest BCUT2D eigenvalue weighted by Gasteiger charge is 2.10. The first kappa shape index (κ1) is 12.5. The van der Waals surface area contributed by atoms with E-state index >= 15 is 0 Å². The fraction of sp³-hybridized carbons (Fsp3) is 0.0714. The Morgan fingerprint density at radius 1 is 1.05 bits per heavy atom. The van der Waals surface area contributed by atoms with E-state index in [0.717, 1.165) is 17.0 Å². The molecule has 22 heavy (non-hydrogen) atoms. The van der Waals surface area contributed by atoms with Crippen molar-refractivity contribution in [3.05, 3.63) is 59.4 Å². The summed E-state index contributed by atoms with van der Waals surface area (Å²) in [7, 11) is 0. The maximum atomic E-state index is 11.5. The number of fused-ring (bicyclic) bond motifs is 1. The second-order valence-corrected chi connectivity index (χ2v) is 4.82. The zero-order valence-electron chi connectivity index (χ0n) is 11.6. The zero-order chi connectivity index (χ0) is 15.1. The van der Waals surface area contributed by atoms with E-state index in [9.17, 15) is 4.79 Å². The van der Waals surface area contributed by atoms with E-state index in [1.54, 1.807) is 40.2 Å². The molecule has 0 aliphatic carbocycles. The number of hydrogen-bond donors (Lipinski definition) is 1. The Labute approximate surface area is 124 Å². The van der Waals surface area contributed by atoms with Crippen molar-refractivity contribution in [3.8, 4) is 16.8 Å². The van der Waals surface area contributed by atoms with Crippen LogP contribution in [0.25, 0.3) is 22.5 Å². The van der Waals surface area contributed by atoms with Crippen molar-refractivity contribution in [2.24, 2.45) is 0 Å². The van der Waals surface area contributed by atoms with Gasteiger partial charge in [0.05, 0.1) is 12.4 Å². The van der Waals surface area contributed by atoms with Crippen molar-refractivity contribution in [1.29, 1.82) is 0 Å². The molecule has 8 heteroatoms. The molecule has 0 unspecified atom stereocenters. The van der Waals surface area contributed by atoms with E-state index in [2.05, 4.69) is 25.1 Å². The number of nitrogens with one attached hydrogen (secondary N) is 1. The third-order valence-electron chi connectivity index (χ3n) is 3.33. The lowest BCUT2D eigenvalue weighted by molar-refractivity contribution is 0.883. The first-order valence-electron chi connectivity index (χ1n) is 6.61. The summed E-state index contributed by atoms with van der Waals surface area (Å²) in [5, 5.41) is 8.51. The number of H-pyrrole nitrogens is 1. The molecule has 0 saturated carbocycles. The number of aryl methyl sites for hydroxylation is 1. The van der Waals surface area contributed by atoms with Gasteiger partial charge in [0, 0.05) is 42.0 Å². The predicted molar refractivity (Wildman–Crippen MR) is 78.7 cm³/mol. The van der Waals surface area contributed by atoms with Gasteiger partial charge in [-0.25, -0.2) is 19.2 Å². The summed E-state index contributed by atoms with van der Waals surface area (Å²) in [4.78, 5) is 22.6. The molecule has 4 heterocycles. The molecule has 4 aromatic rings. The highest BCUT2D eigenvalue weighted by molar-refractivity contribution is 5.62. The molecular weight excluding hydrogens is 282 g/mol. The predicted octanol–water partition coefficient (Wildman–Crippen LogP) is 0.974. The molecule has 1 N–H and O–H groups in total. The summed E-state index contributed by atoms with van der Waals surface area (Å²) in [5.41, 5.74) is 2.85. The van der Waals surface area contributed by atoms with Crippen molar-refractivity contribution in [2.45, 2.75) is 6.92 Å². The Morgan fingerprint density at radius 2 is 1.86 bits per heavy atom. The second kappa shape index (κ2) is 4.62. The molecule has 0 fully saturated rings. The van der Waals surface area contributed by atoms with Gasteiger partial charge in [0.2, 0.25) is 0 Å². The summed E-state index contributed by atoms with van der Waals surface area (Å²) in [6.07, 6.45) is 10.3. The van der Waals surface area contributed by atoms with Gasteiger partial charge in [-0.05, 0) is 6.92 Å². The third-order valence-corrected chi connectivity index (χ3v) is 3.33. The number of aromatic amines is 1. The lowest BCUT2D eigenvalue weighted by Gasteiger charge is -1.98. The van der Waals surface area contributed by atoms with Gasteiger partial charge in [-0.15, -0.1) is 0 Å². The Balaban J connectivity index is 1.81. The van der Waals surface area contributed by atoms with Crippen LogP contribution < -0.4 is 5.56 Å². The molecule has 0 saturated heterocycles. The normalized spacial score (nSPS) is 11.1. The second-order valence-electron chi connectivity index (χ2n) is 4.82. The van der Waals surface area contributed by atoms with Crippen LogP contribution in [0.15, 0.2) is 48.0 Å². The molecule has 8 nitrogen and oxygen atoms in total. The maximum Gasteiger partial charge on any atom is 0.251 e. The molecule has 4 aromatic heterocycles. The molecule has 108 valence electrons. The van der Waals surface area contributed by atoms with Gasteiger partial charge in [-0.3, -0.25) is 4.79 Å². The molecule has 0 bridgehead atoms. The molecule has 0 spiro atoms. The van der Waals surface area contributed by atoms with E-state index in [1.807, 2.05) is 13.1 Å². The fourth-order valence-electron chi connectivity index (χ4n) is 2.20. The van der Waals surface area contributed by atoms with Crippen molar-refractivity contribution in [1.82, 2.24) is 34.3 Å². The number of hydrogen-bond acceptors (Lipinski definition) is 5. The summed E-state index contributed by atoms with van der Waals surface area (Å²) in [6.45, 7) is 1.84. The topological polar surface area (TPSA) is 93.8 Å². The van der Waals surface area contributed by atoms with Crippen LogP contribution in [0.3, 0.4) is 0 Å². The van der Waals surface area contributed by atoms with Crippen LogP contribution in [-0.4, -0.2) is 34.3 Å². The lowest BCUT2D eigenvalue weighted by Crippen LogP contribution is -2.07. The molecule has 0 aliphatic rings. The van der Waals surface area contributed by atoms with Gasteiger partial charge in [0.25, 0.3) is 5.56 Å². The molecular formula is C14H11N7O. The monoisotopic (exact) mass is 293 g/mol. The molecule has 0 amide bonds. The highest BCUT2D eigenvalue weighted by atomic mass is 16.1. The van der Waals surface area contributed by atoms with Crippen molar-refractivity contribution in [2.75, 3.05) is 0 Å². The number of aromatic nitrogens is 7. The van der Waals surface area contributed by atoms with Crippen molar-refractivity contribution >= 4 is 5.65 Å². The van der Waals surface area contributed by atoms with E-state index in [0.29, 0.717) is 11.3 Å². The van der Waals surface area contributed by atoms with E-state index in [4.69, 9.17) is 0 Å². The summed E-state index contributed by atoms with van der Waals surface area (Å²) in [6, 6.07) is 1.42. The van der Waals surface area contributed by atoms with Crippen LogP contribution in [0.1, 0.15) is 5.82 Å².